The molecule has 0 spiro atoms. The Hall–Kier alpha value is -0.850. The Labute approximate surface area is 157 Å². The van der Waals surface area contributed by atoms with Gasteiger partial charge in [0.25, 0.3) is 0 Å². The second-order valence-electron chi connectivity index (χ2n) is 5.64. The summed E-state index contributed by atoms with van der Waals surface area (Å²) < 4.78 is 5.39. The second-order valence-corrected chi connectivity index (χ2v) is 5.64. The third-order valence-corrected chi connectivity index (χ3v) is 3.92. The molecule has 7 heteroatoms. The van der Waals surface area contributed by atoms with Crippen LogP contribution in [0.5, 0.6) is 0 Å². The molecule has 1 aromatic carbocycles. The lowest BCUT2D eigenvalue weighted by molar-refractivity contribution is -0.121. The van der Waals surface area contributed by atoms with Gasteiger partial charge in [0.2, 0.25) is 5.91 Å². The molecule has 1 saturated heterocycles. The Kier molecular flexibility index (Phi) is 13.0. The number of carbonyl (C=O) groups excluding carboxylic acids is 1. The molecule has 0 unspecified atom stereocenters. The van der Waals surface area contributed by atoms with Gasteiger partial charge in [-0.15, -0.1) is 24.8 Å². The van der Waals surface area contributed by atoms with Gasteiger partial charge in [-0.3, -0.25) is 9.69 Å². The molecular formula is C17H29Cl2N3O2. The van der Waals surface area contributed by atoms with Gasteiger partial charge in [0.05, 0.1) is 13.2 Å². The number of hydrogen-bond donors (Lipinski definition) is 2. The first-order chi connectivity index (χ1) is 10.8. The van der Waals surface area contributed by atoms with Crippen molar-refractivity contribution >= 4 is 30.7 Å². The van der Waals surface area contributed by atoms with Gasteiger partial charge >= 0.3 is 0 Å². The molecule has 1 heterocycles. The maximum atomic E-state index is 11.8. The monoisotopic (exact) mass is 377 g/mol. The first-order valence-corrected chi connectivity index (χ1v) is 8.08. The van der Waals surface area contributed by atoms with Gasteiger partial charge in [-0.1, -0.05) is 24.3 Å². The fourth-order valence-corrected chi connectivity index (χ4v) is 2.59. The standard InChI is InChI=1S/C17H27N3O2.2ClH/c1-18-8-4-7-17(21)19-13-15-5-2-3-6-16(15)14-20-9-11-22-12-10-20;;/h2-3,5-6,18H,4,7-14H2,1H3,(H,19,21);2*1H. The predicted molar refractivity (Wildman–Crippen MR) is 102 cm³/mol. The number of nitrogens with one attached hydrogen (secondary N) is 2. The van der Waals surface area contributed by atoms with Crippen molar-refractivity contribution in [3.8, 4) is 0 Å². The summed E-state index contributed by atoms with van der Waals surface area (Å²) in [4.78, 5) is 14.2. The van der Waals surface area contributed by atoms with E-state index >= 15 is 0 Å². The fraction of sp³-hybridized carbons (Fsp3) is 0.588. The molecule has 0 atom stereocenters. The third kappa shape index (κ3) is 8.31. The number of halogens is 2. The Balaban J connectivity index is 0.00000264. The summed E-state index contributed by atoms with van der Waals surface area (Å²) in [5, 5.41) is 6.08. The van der Waals surface area contributed by atoms with Crippen LogP contribution in [0.25, 0.3) is 0 Å². The van der Waals surface area contributed by atoms with Crippen LogP contribution < -0.4 is 10.6 Å². The lowest BCUT2D eigenvalue weighted by atomic mass is 10.1. The largest absolute Gasteiger partial charge is 0.379 e. The van der Waals surface area contributed by atoms with E-state index in [0.717, 1.165) is 45.8 Å². The zero-order chi connectivity index (χ0) is 15.6. The molecule has 0 saturated carbocycles. The van der Waals surface area contributed by atoms with Gasteiger partial charge < -0.3 is 15.4 Å². The normalized spacial score (nSPS) is 14.4. The van der Waals surface area contributed by atoms with Gasteiger partial charge in [-0.25, -0.2) is 0 Å². The maximum absolute atomic E-state index is 11.8. The van der Waals surface area contributed by atoms with E-state index in [1.165, 1.54) is 11.1 Å². The molecule has 1 aliphatic rings. The van der Waals surface area contributed by atoms with Gasteiger partial charge in [-0.2, -0.15) is 0 Å². The molecule has 1 aliphatic heterocycles. The number of morpholine rings is 1. The van der Waals surface area contributed by atoms with E-state index in [2.05, 4.69) is 33.7 Å². The lowest BCUT2D eigenvalue weighted by Gasteiger charge is -2.27. The number of hydrogen-bond acceptors (Lipinski definition) is 4. The first kappa shape index (κ1) is 23.1. The van der Waals surface area contributed by atoms with Crippen molar-refractivity contribution in [1.29, 1.82) is 0 Å². The molecule has 0 bridgehead atoms. The van der Waals surface area contributed by atoms with Crippen LogP contribution in [0.1, 0.15) is 24.0 Å². The zero-order valence-electron chi connectivity index (χ0n) is 14.3. The highest BCUT2D eigenvalue weighted by Crippen LogP contribution is 2.13. The molecule has 2 rings (SSSR count). The second kappa shape index (κ2) is 13.4. The van der Waals surface area contributed by atoms with E-state index in [0.29, 0.717) is 13.0 Å². The van der Waals surface area contributed by atoms with E-state index in [4.69, 9.17) is 4.74 Å². The minimum absolute atomic E-state index is 0. The van der Waals surface area contributed by atoms with E-state index in [1.54, 1.807) is 0 Å². The van der Waals surface area contributed by atoms with Crippen molar-refractivity contribution in [1.82, 2.24) is 15.5 Å². The predicted octanol–water partition coefficient (Wildman–Crippen LogP) is 1.98. The van der Waals surface area contributed by atoms with E-state index in [9.17, 15) is 4.79 Å². The average molecular weight is 378 g/mol. The van der Waals surface area contributed by atoms with E-state index in [1.807, 2.05) is 13.1 Å². The van der Waals surface area contributed by atoms with Crippen LogP contribution in [0.4, 0.5) is 0 Å². The minimum atomic E-state index is 0. The van der Waals surface area contributed by atoms with Crippen molar-refractivity contribution in [2.75, 3.05) is 39.9 Å². The van der Waals surface area contributed by atoms with Crippen LogP contribution in [0.15, 0.2) is 24.3 Å². The minimum Gasteiger partial charge on any atom is -0.379 e. The quantitative estimate of drug-likeness (QED) is 0.680. The SMILES string of the molecule is CNCCCC(=O)NCc1ccccc1CN1CCOCC1.Cl.Cl. The molecule has 0 aliphatic carbocycles. The van der Waals surface area contributed by atoms with Crippen molar-refractivity contribution in [3.05, 3.63) is 35.4 Å². The summed E-state index contributed by atoms with van der Waals surface area (Å²) in [5.74, 6) is 0.122. The number of nitrogens with zero attached hydrogens (tertiary/aromatic N) is 1. The van der Waals surface area contributed by atoms with Gasteiger partial charge in [0.1, 0.15) is 0 Å². The Morgan fingerprint density at radius 3 is 2.50 bits per heavy atom. The topological polar surface area (TPSA) is 53.6 Å². The summed E-state index contributed by atoms with van der Waals surface area (Å²) in [6, 6.07) is 8.35. The molecule has 0 radical (unpaired) electrons. The van der Waals surface area contributed by atoms with Crippen LogP contribution in [0, 0.1) is 0 Å². The fourth-order valence-electron chi connectivity index (χ4n) is 2.59. The molecule has 2 N–H and O–H groups in total. The molecule has 138 valence electrons. The Morgan fingerprint density at radius 1 is 1.17 bits per heavy atom. The molecule has 1 amide bonds. The van der Waals surface area contributed by atoms with Gasteiger partial charge in [-0.05, 0) is 31.1 Å². The highest BCUT2D eigenvalue weighted by atomic mass is 35.5. The summed E-state index contributed by atoms with van der Waals surface area (Å²) in [6.45, 7) is 5.99. The Bertz CT molecular complexity index is 469. The van der Waals surface area contributed by atoms with E-state index in [-0.39, 0.29) is 30.7 Å². The molecule has 0 aromatic heterocycles. The number of amides is 1. The van der Waals surface area contributed by atoms with Crippen LogP contribution >= 0.6 is 24.8 Å². The number of ether oxygens (including phenoxy) is 1. The van der Waals surface area contributed by atoms with Crippen molar-refractivity contribution < 1.29 is 9.53 Å². The highest BCUT2D eigenvalue weighted by molar-refractivity contribution is 5.85. The Morgan fingerprint density at radius 2 is 1.83 bits per heavy atom. The van der Waals surface area contributed by atoms with Crippen LogP contribution in [0.2, 0.25) is 0 Å². The van der Waals surface area contributed by atoms with Crippen molar-refractivity contribution in [2.24, 2.45) is 0 Å². The van der Waals surface area contributed by atoms with Crippen LogP contribution in [-0.2, 0) is 22.6 Å². The van der Waals surface area contributed by atoms with Crippen LogP contribution in [-0.4, -0.2) is 50.7 Å². The zero-order valence-corrected chi connectivity index (χ0v) is 15.9. The lowest BCUT2D eigenvalue weighted by Crippen LogP contribution is -2.36. The number of benzene rings is 1. The summed E-state index contributed by atoms with van der Waals surface area (Å²) in [7, 11) is 1.90. The van der Waals surface area contributed by atoms with Gasteiger partial charge in [0, 0.05) is 32.6 Å². The summed E-state index contributed by atoms with van der Waals surface area (Å²) in [6.07, 6.45) is 1.45. The van der Waals surface area contributed by atoms with Crippen molar-refractivity contribution in [2.45, 2.75) is 25.9 Å². The molecular weight excluding hydrogens is 349 g/mol. The first-order valence-electron chi connectivity index (χ1n) is 8.08. The highest BCUT2D eigenvalue weighted by Gasteiger charge is 2.12. The molecule has 5 nitrogen and oxygen atoms in total. The third-order valence-electron chi connectivity index (χ3n) is 3.92. The molecule has 1 fully saturated rings. The smallest absolute Gasteiger partial charge is 0.220 e. The summed E-state index contributed by atoms with van der Waals surface area (Å²) >= 11 is 0. The molecule has 24 heavy (non-hydrogen) atoms. The maximum Gasteiger partial charge on any atom is 0.220 e. The summed E-state index contributed by atoms with van der Waals surface area (Å²) in [5.41, 5.74) is 2.50. The average Bonchev–Trinajstić information content (AvgIpc) is 2.55. The number of rotatable bonds is 8. The van der Waals surface area contributed by atoms with Crippen molar-refractivity contribution in [3.63, 3.8) is 0 Å². The number of carbonyl (C=O) groups is 1. The van der Waals surface area contributed by atoms with E-state index < -0.39 is 0 Å². The molecule has 1 aromatic rings. The van der Waals surface area contributed by atoms with Gasteiger partial charge in [0.15, 0.2) is 0 Å². The van der Waals surface area contributed by atoms with Crippen LogP contribution in [0.3, 0.4) is 0 Å².